The van der Waals surface area contributed by atoms with Gasteiger partial charge in [-0.2, -0.15) is 4.31 Å². The lowest BCUT2D eigenvalue weighted by molar-refractivity contribution is -0.122. The van der Waals surface area contributed by atoms with Gasteiger partial charge in [-0.15, -0.1) is 0 Å². The number of nitrogens with one attached hydrogen (secondary N) is 1. The molecule has 1 aromatic rings. The highest BCUT2D eigenvalue weighted by Crippen LogP contribution is 2.27. The molecule has 0 unspecified atom stereocenters. The number of nitrogens with zero attached hydrogens (tertiary/aromatic N) is 2. The average Bonchev–Trinajstić information content (AvgIpc) is 3.34. The number of hydrogen-bond donors (Lipinski definition) is 1. The van der Waals surface area contributed by atoms with Crippen LogP contribution in [0, 0.1) is 0 Å². The van der Waals surface area contributed by atoms with Crippen LogP contribution < -0.4 is 5.32 Å². The molecule has 1 heterocycles. The van der Waals surface area contributed by atoms with Crippen LogP contribution in [0.2, 0.25) is 10.0 Å². The van der Waals surface area contributed by atoms with E-state index in [9.17, 15) is 13.2 Å². The van der Waals surface area contributed by atoms with E-state index in [2.05, 4.69) is 5.32 Å². The van der Waals surface area contributed by atoms with Gasteiger partial charge in [-0.05, 0) is 31.0 Å². The van der Waals surface area contributed by atoms with E-state index in [0.717, 1.165) is 12.8 Å². The highest BCUT2D eigenvalue weighted by Gasteiger charge is 2.30. The SMILES string of the molecule is O=C(CN1CCN(S(=O)(=O)c2ccc(Cl)c(Cl)c2)CC1)NC1CC1. The predicted octanol–water partition coefficient (Wildman–Crippen LogP) is 1.58. The van der Waals surface area contributed by atoms with E-state index in [-0.39, 0.29) is 15.8 Å². The lowest BCUT2D eigenvalue weighted by Gasteiger charge is -2.33. The maximum absolute atomic E-state index is 12.7. The second-order valence-corrected chi connectivity index (χ2v) is 8.85. The zero-order valence-corrected chi connectivity index (χ0v) is 15.4. The van der Waals surface area contributed by atoms with Crippen molar-refractivity contribution in [3.05, 3.63) is 28.2 Å². The van der Waals surface area contributed by atoms with Crippen molar-refractivity contribution in [1.82, 2.24) is 14.5 Å². The van der Waals surface area contributed by atoms with Gasteiger partial charge in [0.05, 0.1) is 21.5 Å². The Hall–Kier alpha value is -0.860. The molecule has 9 heteroatoms. The van der Waals surface area contributed by atoms with Crippen LogP contribution in [-0.4, -0.2) is 62.3 Å². The number of carbonyl (C=O) groups is 1. The monoisotopic (exact) mass is 391 g/mol. The summed E-state index contributed by atoms with van der Waals surface area (Å²) in [6.45, 7) is 2.06. The number of amides is 1. The van der Waals surface area contributed by atoms with Gasteiger partial charge in [0, 0.05) is 32.2 Å². The van der Waals surface area contributed by atoms with E-state index < -0.39 is 10.0 Å². The minimum atomic E-state index is -3.60. The average molecular weight is 392 g/mol. The first kappa shape index (κ1) is 17.9. The van der Waals surface area contributed by atoms with E-state index in [0.29, 0.717) is 43.8 Å². The second-order valence-electron chi connectivity index (χ2n) is 6.10. The third-order valence-corrected chi connectivity index (χ3v) is 6.80. The molecule has 1 saturated heterocycles. The van der Waals surface area contributed by atoms with Crippen molar-refractivity contribution in [3.8, 4) is 0 Å². The summed E-state index contributed by atoms with van der Waals surface area (Å²) in [7, 11) is -3.60. The Balaban J connectivity index is 1.58. The largest absolute Gasteiger partial charge is 0.352 e. The Labute approximate surface area is 151 Å². The molecular weight excluding hydrogens is 373 g/mol. The summed E-state index contributed by atoms with van der Waals surface area (Å²) < 4.78 is 26.7. The molecule has 1 N–H and O–H groups in total. The smallest absolute Gasteiger partial charge is 0.243 e. The van der Waals surface area contributed by atoms with Crippen molar-refractivity contribution in [1.29, 1.82) is 0 Å². The molecule has 0 bridgehead atoms. The molecule has 3 rings (SSSR count). The number of rotatable bonds is 5. The molecule has 2 fully saturated rings. The summed E-state index contributed by atoms with van der Waals surface area (Å²) in [5.41, 5.74) is 0. The van der Waals surface area contributed by atoms with Crippen molar-refractivity contribution in [2.45, 2.75) is 23.8 Å². The molecule has 6 nitrogen and oxygen atoms in total. The third-order valence-electron chi connectivity index (χ3n) is 4.17. The predicted molar refractivity (Wildman–Crippen MR) is 92.8 cm³/mol. The molecule has 1 aliphatic carbocycles. The molecule has 1 aliphatic heterocycles. The van der Waals surface area contributed by atoms with Gasteiger partial charge in [-0.3, -0.25) is 9.69 Å². The fourth-order valence-electron chi connectivity index (χ4n) is 2.62. The maximum atomic E-state index is 12.7. The molecule has 0 spiro atoms. The van der Waals surface area contributed by atoms with Gasteiger partial charge >= 0.3 is 0 Å². The zero-order chi connectivity index (χ0) is 17.3. The minimum absolute atomic E-state index is 0.0123. The summed E-state index contributed by atoms with van der Waals surface area (Å²) in [5, 5.41) is 3.48. The summed E-state index contributed by atoms with van der Waals surface area (Å²) in [5.74, 6) is 0.0123. The summed E-state index contributed by atoms with van der Waals surface area (Å²) >= 11 is 11.8. The third kappa shape index (κ3) is 4.21. The molecule has 0 aromatic heterocycles. The first-order valence-electron chi connectivity index (χ1n) is 7.83. The Kier molecular flexibility index (Phi) is 5.36. The Morgan fingerprint density at radius 3 is 2.38 bits per heavy atom. The topological polar surface area (TPSA) is 69.7 Å². The standard InChI is InChI=1S/C15H19Cl2N3O3S/c16-13-4-3-12(9-14(13)17)24(22,23)20-7-5-19(6-8-20)10-15(21)18-11-1-2-11/h3-4,9,11H,1-2,5-8,10H2,(H,18,21). The molecule has 1 saturated carbocycles. The van der Waals surface area contributed by atoms with Gasteiger partial charge in [0.15, 0.2) is 0 Å². The Morgan fingerprint density at radius 2 is 1.79 bits per heavy atom. The fourth-order valence-corrected chi connectivity index (χ4v) is 4.43. The van der Waals surface area contributed by atoms with Crippen LogP contribution in [0.4, 0.5) is 0 Å². The van der Waals surface area contributed by atoms with Crippen LogP contribution >= 0.6 is 23.2 Å². The minimum Gasteiger partial charge on any atom is -0.352 e. The van der Waals surface area contributed by atoms with E-state index in [1.807, 2.05) is 4.90 Å². The van der Waals surface area contributed by atoms with Crippen LogP contribution in [0.25, 0.3) is 0 Å². The van der Waals surface area contributed by atoms with Crippen molar-refractivity contribution in [2.75, 3.05) is 32.7 Å². The summed E-state index contributed by atoms with van der Waals surface area (Å²) in [6.07, 6.45) is 2.11. The Morgan fingerprint density at radius 1 is 1.12 bits per heavy atom. The van der Waals surface area contributed by atoms with Crippen molar-refractivity contribution >= 4 is 39.1 Å². The lowest BCUT2D eigenvalue weighted by atomic mass is 10.3. The van der Waals surface area contributed by atoms with E-state index in [1.54, 1.807) is 0 Å². The summed E-state index contributed by atoms with van der Waals surface area (Å²) in [4.78, 5) is 13.9. The number of carbonyl (C=O) groups excluding carboxylic acids is 1. The van der Waals surface area contributed by atoms with Crippen molar-refractivity contribution < 1.29 is 13.2 Å². The molecule has 1 aromatic carbocycles. The highest BCUT2D eigenvalue weighted by molar-refractivity contribution is 7.89. The molecule has 1 amide bonds. The van der Waals surface area contributed by atoms with Crippen LogP contribution in [0.15, 0.2) is 23.1 Å². The van der Waals surface area contributed by atoms with Crippen LogP contribution in [0.3, 0.4) is 0 Å². The van der Waals surface area contributed by atoms with Crippen molar-refractivity contribution in [3.63, 3.8) is 0 Å². The molecule has 0 radical (unpaired) electrons. The highest BCUT2D eigenvalue weighted by atomic mass is 35.5. The van der Waals surface area contributed by atoms with Gasteiger partial charge < -0.3 is 5.32 Å². The van der Waals surface area contributed by atoms with Gasteiger partial charge in [-0.25, -0.2) is 8.42 Å². The first-order chi connectivity index (χ1) is 11.4. The van der Waals surface area contributed by atoms with Gasteiger partial charge in [0.25, 0.3) is 0 Å². The van der Waals surface area contributed by atoms with Crippen LogP contribution in [-0.2, 0) is 14.8 Å². The molecule has 0 atom stereocenters. The Bertz CT molecular complexity index is 729. The second kappa shape index (κ2) is 7.17. The molecular formula is C15H19Cl2N3O3S. The number of halogens is 2. The van der Waals surface area contributed by atoms with Crippen LogP contribution in [0.5, 0.6) is 0 Å². The number of benzene rings is 1. The number of sulfonamides is 1. The quantitative estimate of drug-likeness (QED) is 0.826. The molecule has 2 aliphatic rings. The fraction of sp³-hybridized carbons (Fsp3) is 0.533. The van der Waals surface area contributed by atoms with E-state index >= 15 is 0 Å². The lowest BCUT2D eigenvalue weighted by Crippen LogP contribution is -2.51. The van der Waals surface area contributed by atoms with E-state index in [1.165, 1.54) is 22.5 Å². The van der Waals surface area contributed by atoms with Crippen LogP contribution in [0.1, 0.15) is 12.8 Å². The van der Waals surface area contributed by atoms with Gasteiger partial charge in [-0.1, -0.05) is 23.2 Å². The normalized spacial score (nSPS) is 20.1. The van der Waals surface area contributed by atoms with E-state index in [4.69, 9.17) is 23.2 Å². The zero-order valence-electron chi connectivity index (χ0n) is 13.0. The molecule has 24 heavy (non-hydrogen) atoms. The molecule has 132 valence electrons. The number of piperazine rings is 1. The van der Waals surface area contributed by atoms with Gasteiger partial charge in [0.1, 0.15) is 0 Å². The van der Waals surface area contributed by atoms with Gasteiger partial charge in [0.2, 0.25) is 15.9 Å². The van der Waals surface area contributed by atoms with Crippen molar-refractivity contribution in [2.24, 2.45) is 0 Å². The first-order valence-corrected chi connectivity index (χ1v) is 10.0. The summed E-state index contributed by atoms with van der Waals surface area (Å²) in [6, 6.07) is 4.65. The maximum Gasteiger partial charge on any atom is 0.243 e. The number of hydrogen-bond acceptors (Lipinski definition) is 4.